The fraction of sp³-hybridized carbons (Fsp3) is 0.500. The number of nitrogens with one attached hydrogen (secondary N) is 1. The third kappa shape index (κ3) is 4.28. The molecular formula is C14H19ClF2N2O3. The first-order chi connectivity index (χ1) is 10.0. The van der Waals surface area contributed by atoms with Gasteiger partial charge in [-0.15, -0.1) is 12.4 Å². The molecule has 22 heavy (non-hydrogen) atoms. The van der Waals surface area contributed by atoms with Crippen molar-refractivity contribution < 1.29 is 23.0 Å². The Balaban J connectivity index is 0.00000242. The molecule has 2 rings (SSSR count). The van der Waals surface area contributed by atoms with Crippen LogP contribution in [0.2, 0.25) is 0 Å². The van der Waals surface area contributed by atoms with Crippen LogP contribution in [-0.4, -0.2) is 32.3 Å². The van der Waals surface area contributed by atoms with E-state index in [2.05, 4.69) is 10.1 Å². The first-order valence-electron chi connectivity index (χ1n) is 6.70. The SMILES string of the molecule is COc1cc(F)c(NC(=O)C(N)C2CCOCC2)cc1F.Cl. The molecule has 124 valence electrons. The van der Waals surface area contributed by atoms with E-state index in [1.54, 1.807) is 0 Å². The van der Waals surface area contributed by atoms with Crippen LogP contribution in [-0.2, 0) is 9.53 Å². The molecule has 1 aliphatic rings. The van der Waals surface area contributed by atoms with Crippen LogP contribution in [0.25, 0.3) is 0 Å². The van der Waals surface area contributed by atoms with E-state index in [1.807, 2.05) is 0 Å². The number of amides is 1. The largest absolute Gasteiger partial charge is 0.494 e. The molecule has 1 unspecified atom stereocenters. The van der Waals surface area contributed by atoms with Gasteiger partial charge in [0.15, 0.2) is 17.4 Å². The monoisotopic (exact) mass is 336 g/mol. The van der Waals surface area contributed by atoms with Crippen molar-refractivity contribution in [2.45, 2.75) is 18.9 Å². The van der Waals surface area contributed by atoms with E-state index in [4.69, 9.17) is 10.5 Å². The van der Waals surface area contributed by atoms with Crippen molar-refractivity contribution in [3.05, 3.63) is 23.8 Å². The number of hydrogen-bond acceptors (Lipinski definition) is 4. The minimum absolute atomic E-state index is 0. The zero-order valence-electron chi connectivity index (χ0n) is 12.1. The number of methoxy groups -OCH3 is 1. The second-order valence-electron chi connectivity index (χ2n) is 4.93. The number of rotatable bonds is 4. The van der Waals surface area contributed by atoms with E-state index in [0.29, 0.717) is 26.1 Å². The van der Waals surface area contributed by atoms with Gasteiger partial charge in [-0.2, -0.15) is 0 Å². The molecule has 3 N–H and O–H groups in total. The summed E-state index contributed by atoms with van der Waals surface area (Å²) in [6.07, 6.45) is 1.35. The summed E-state index contributed by atoms with van der Waals surface area (Å²) in [5.41, 5.74) is 5.63. The Labute approximate surface area is 133 Å². The lowest BCUT2D eigenvalue weighted by molar-refractivity contribution is -0.119. The zero-order valence-corrected chi connectivity index (χ0v) is 12.9. The molecule has 1 saturated heterocycles. The highest BCUT2D eigenvalue weighted by Gasteiger charge is 2.27. The van der Waals surface area contributed by atoms with E-state index >= 15 is 0 Å². The summed E-state index contributed by atoms with van der Waals surface area (Å²) in [5, 5.41) is 2.32. The highest BCUT2D eigenvalue weighted by molar-refractivity contribution is 5.95. The first-order valence-corrected chi connectivity index (χ1v) is 6.70. The van der Waals surface area contributed by atoms with E-state index in [0.717, 1.165) is 12.1 Å². The van der Waals surface area contributed by atoms with Gasteiger partial charge < -0.3 is 20.5 Å². The summed E-state index contributed by atoms with van der Waals surface area (Å²) in [6.45, 7) is 1.11. The van der Waals surface area contributed by atoms with E-state index < -0.39 is 23.6 Å². The number of carbonyl (C=O) groups is 1. The van der Waals surface area contributed by atoms with Crippen molar-refractivity contribution in [2.75, 3.05) is 25.6 Å². The van der Waals surface area contributed by atoms with Gasteiger partial charge in [-0.1, -0.05) is 0 Å². The molecule has 1 aromatic rings. The van der Waals surface area contributed by atoms with Crippen molar-refractivity contribution in [1.29, 1.82) is 0 Å². The third-order valence-electron chi connectivity index (χ3n) is 3.58. The Morgan fingerprint density at radius 3 is 2.59 bits per heavy atom. The minimum atomic E-state index is -0.779. The zero-order chi connectivity index (χ0) is 15.4. The molecule has 1 aliphatic heterocycles. The third-order valence-corrected chi connectivity index (χ3v) is 3.58. The highest BCUT2D eigenvalue weighted by atomic mass is 35.5. The molecule has 5 nitrogen and oxygen atoms in total. The first kappa shape index (κ1) is 18.6. The van der Waals surface area contributed by atoms with Crippen LogP contribution in [0.4, 0.5) is 14.5 Å². The average molecular weight is 337 g/mol. The van der Waals surface area contributed by atoms with Gasteiger partial charge in [-0.3, -0.25) is 4.79 Å². The molecular weight excluding hydrogens is 318 g/mol. The lowest BCUT2D eigenvalue weighted by Gasteiger charge is -2.26. The van der Waals surface area contributed by atoms with Gasteiger partial charge in [0.2, 0.25) is 5.91 Å². The molecule has 0 aliphatic carbocycles. The Morgan fingerprint density at radius 1 is 1.36 bits per heavy atom. The Hall–Kier alpha value is -1.44. The predicted octanol–water partition coefficient (Wildman–Crippen LogP) is 2.09. The summed E-state index contributed by atoms with van der Waals surface area (Å²) in [4.78, 5) is 12.0. The van der Waals surface area contributed by atoms with Gasteiger partial charge in [0, 0.05) is 25.3 Å². The second kappa shape index (κ2) is 8.26. The molecule has 8 heteroatoms. The maximum atomic E-state index is 13.8. The van der Waals surface area contributed by atoms with Gasteiger partial charge in [-0.05, 0) is 18.8 Å². The van der Waals surface area contributed by atoms with Crippen LogP contribution in [0, 0.1) is 17.6 Å². The molecule has 1 atom stereocenters. The molecule has 0 bridgehead atoms. The van der Waals surface area contributed by atoms with Crippen molar-refractivity contribution >= 4 is 24.0 Å². The Kier molecular flexibility index (Phi) is 6.99. The summed E-state index contributed by atoms with van der Waals surface area (Å²) in [7, 11) is 1.23. The van der Waals surface area contributed by atoms with Crippen molar-refractivity contribution in [1.82, 2.24) is 0 Å². The van der Waals surface area contributed by atoms with E-state index in [-0.39, 0.29) is 29.8 Å². The van der Waals surface area contributed by atoms with E-state index in [1.165, 1.54) is 7.11 Å². The van der Waals surface area contributed by atoms with Crippen LogP contribution < -0.4 is 15.8 Å². The van der Waals surface area contributed by atoms with Gasteiger partial charge in [0.05, 0.1) is 18.8 Å². The predicted molar refractivity (Wildman–Crippen MR) is 80.3 cm³/mol. The lowest BCUT2D eigenvalue weighted by atomic mass is 9.92. The molecule has 1 aromatic carbocycles. The number of halogens is 3. The summed E-state index contributed by atoms with van der Waals surface area (Å²) >= 11 is 0. The van der Waals surface area contributed by atoms with Crippen LogP contribution in [0.5, 0.6) is 5.75 Å². The number of carbonyl (C=O) groups excluding carboxylic acids is 1. The van der Waals surface area contributed by atoms with Crippen molar-refractivity contribution in [2.24, 2.45) is 11.7 Å². The quantitative estimate of drug-likeness (QED) is 0.883. The standard InChI is InChI=1S/C14H18F2N2O3.ClH/c1-20-12-7-9(15)11(6-10(12)16)18-14(19)13(17)8-2-4-21-5-3-8;/h6-8,13H,2-5,17H2,1H3,(H,18,19);1H. The number of ether oxygens (including phenoxy) is 2. The van der Waals surface area contributed by atoms with Gasteiger partial charge >= 0.3 is 0 Å². The van der Waals surface area contributed by atoms with Crippen LogP contribution in [0.15, 0.2) is 12.1 Å². The molecule has 0 radical (unpaired) electrons. The molecule has 0 spiro atoms. The average Bonchev–Trinajstić information content (AvgIpc) is 2.50. The van der Waals surface area contributed by atoms with E-state index in [9.17, 15) is 13.6 Å². The molecule has 1 heterocycles. The topological polar surface area (TPSA) is 73.6 Å². The maximum Gasteiger partial charge on any atom is 0.241 e. The van der Waals surface area contributed by atoms with Crippen LogP contribution >= 0.6 is 12.4 Å². The molecule has 1 amide bonds. The number of benzene rings is 1. The van der Waals surface area contributed by atoms with Crippen molar-refractivity contribution in [3.8, 4) is 5.75 Å². The fourth-order valence-electron chi connectivity index (χ4n) is 2.29. The Bertz CT molecular complexity index is 525. The van der Waals surface area contributed by atoms with Crippen LogP contribution in [0.3, 0.4) is 0 Å². The fourth-order valence-corrected chi connectivity index (χ4v) is 2.29. The summed E-state index contributed by atoms with van der Waals surface area (Å²) in [5.74, 6) is -2.32. The second-order valence-corrected chi connectivity index (χ2v) is 4.93. The Morgan fingerprint density at radius 2 is 2.00 bits per heavy atom. The highest BCUT2D eigenvalue weighted by Crippen LogP contribution is 2.25. The van der Waals surface area contributed by atoms with Gasteiger partial charge in [-0.25, -0.2) is 8.78 Å². The number of hydrogen-bond donors (Lipinski definition) is 2. The maximum absolute atomic E-state index is 13.8. The van der Waals surface area contributed by atoms with Crippen LogP contribution in [0.1, 0.15) is 12.8 Å². The number of anilines is 1. The minimum Gasteiger partial charge on any atom is -0.494 e. The summed E-state index contributed by atoms with van der Waals surface area (Å²) in [6, 6.07) is 0.978. The number of nitrogens with two attached hydrogens (primary N) is 1. The van der Waals surface area contributed by atoms with Gasteiger partial charge in [0.1, 0.15) is 0 Å². The smallest absolute Gasteiger partial charge is 0.241 e. The van der Waals surface area contributed by atoms with Gasteiger partial charge in [0.25, 0.3) is 0 Å². The van der Waals surface area contributed by atoms with Crippen molar-refractivity contribution in [3.63, 3.8) is 0 Å². The molecule has 0 aromatic heterocycles. The molecule has 0 saturated carbocycles. The lowest BCUT2D eigenvalue weighted by Crippen LogP contribution is -2.44. The summed E-state index contributed by atoms with van der Waals surface area (Å²) < 4.78 is 37.2. The normalized spacial score (nSPS) is 16.5. The molecule has 1 fully saturated rings.